The number of carboxylic acid groups (broad SMARTS) is 1. The van der Waals surface area contributed by atoms with E-state index in [0.717, 1.165) is 46.5 Å². The molecular weight excluding hydrogens is 442 g/mol. The summed E-state index contributed by atoms with van der Waals surface area (Å²) in [6.45, 7) is 0.743. The predicted octanol–water partition coefficient (Wildman–Crippen LogP) is 6.27. The summed E-state index contributed by atoms with van der Waals surface area (Å²) < 4.78 is 7.02. The molecule has 3 aromatic rings. The van der Waals surface area contributed by atoms with Crippen molar-refractivity contribution >= 4 is 21.9 Å². The molecule has 0 spiro atoms. The Balaban J connectivity index is 1.75. The first-order valence-electron chi connectivity index (χ1n) is 10.2. The number of aliphatic carboxylic acids is 1. The molecular formula is C25H24BrNO3. The van der Waals surface area contributed by atoms with Gasteiger partial charge < -0.3 is 9.84 Å². The van der Waals surface area contributed by atoms with Crippen LogP contribution in [0.15, 0.2) is 83.3 Å². The lowest BCUT2D eigenvalue weighted by atomic mass is 9.91. The lowest BCUT2D eigenvalue weighted by molar-refractivity contribution is -0.145. The Morgan fingerprint density at radius 2 is 1.70 bits per heavy atom. The number of piperidine rings is 1. The Bertz CT molecular complexity index is 1010. The normalized spacial score (nSPS) is 18.0. The Morgan fingerprint density at radius 1 is 0.967 bits per heavy atom. The molecule has 154 valence electrons. The summed E-state index contributed by atoms with van der Waals surface area (Å²) in [5.74, 6) is 0.747. The summed E-state index contributed by atoms with van der Waals surface area (Å²) >= 11 is 3.68. The average molecular weight is 466 g/mol. The number of hydrogen-bond acceptors (Lipinski definition) is 3. The highest BCUT2D eigenvalue weighted by Gasteiger charge is 2.35. The molecule has 1 N–H and O–H groups in total. The molecule has 1 fully saturated rings. The van der Waals surface area contributed by atoms with E-state index in [1.807, 2.05) is 66.7 Å². The second-order valence-corrected chi connectivity index (χ2v) is 8.35. The van der Waals surface area contributed by atoms with Gasteiger partial charge in [-0.2, -0.15) is 0 Å². The third-order valence-electron chi connectivity index (χ3n) is 5.51. The molecule has 0 aliphatic carbocycles. The molecule has 1 aliphatic rings. The van der Waals surface area contributed by atoms with Crippen LogP contribution in [0, 0.1) is 0 Å². The van der Waals surface area contributed by atoms with Crippen molar-refractivity contribution in [3.8, 4) is 11.5 Å². The van der Waals surface area contributed by atoms with Gasteiger partial charge in [-0.15, -0.1) is 0 Å². The summed E-state index contributed by atoms with van der Waals surface area (Å²) in [6, 6.07) is 25.0. The fraction of sp³-hybridized carbons (Fsp3) is 0.240. The molecule has 4 rings (SSSR count). The third kappa shape index (κ3) is 4.58. The van der Waals surface area contributed by atoms with Crippen molar-refractivity contribution in [2.24, 2.45) is 0 Å². The number of carboxylic acids is 1. The maximum Gasteiger partial charge on any atom is 0.320 e. The lowest BCUT2D eigenvalue weighted by Gasteiger charge is -2.40. The predicted molar refractivity (Wildman–Crippen MR) is 121 cm³/mol. The number of hydrogen-bond donors (Lipinski definition) is 1. The van der Waals surface area contributed by atoms with Crippen molar-refractivity contribution in [2.75, 3.05) is 6.54 Å². The second kappa shape index (κ2) is 9.45. The highest BCUT2D eigenvalue weighted by molar-refractivity contribution is 9.10. The fourth-order valence-electron chi connectivity index (χ4n) is 4.15. The molecule has 0 radical (unpaired) electrons. The summed E-state index contributed by atoms with van der Waals surface area (Å²) in [7, 11) is 0. The minimum absolute atomic E-state index is 0.179. The second-order valence-electron chi connectivity index (χ2n) is 7.50. The van der Waals surface area contributed by atoms with Gasteiger partial charge in [0.2, 0.25) is 0 Å². The molecule has 30 heavy (non-hydrogen) atoms. The van der Waals surface area contributed by atoms with E-state index in [2.05, 4.69) is 33.0 Å². The number of likely N-dealkylation sites (tertiary alicyclic amines) is 1. The quantitative estimate of drug-likeness (QED) is 0.465. The molecule has 5 heteroatoms. The summed E-state index contributed by atoms with van der Waals surface area (Å²) in [5, 5.41) is 9.89. The van der Waals surface area contributed by atoms with Gasteiger partial charge in [0.25, 0.3) is 0 Å². The largest absolute Gasteiger partial charge is 0.480 e. The average Bonchev–Trinajstić information content (AvgIpc) is 2.77. The van der Waals surface area contributed by atoms with Gasteiger partial charge in [-0.25, -0.2) is 0 Å². The molecule has 0 saturated carbocycles. The van der Waals surface area contributed by atoms with Crippen LogP contribution in [0.25, 0.3) is 0 Å². The van der Waals surface area contributed by atoms with Crippen LogP contribution in [-0.2, 0) is 4.79 Å². The van der Waals surface area contributed by atoms with Crippen LogP contribution in [0.2, 0.25) is 0 Å². The van der Waals surface area contributed by atoms with Gasteiger partial charge in [-0.05, 0) is 60.8 Å². The van der Waals surface area contributed by atoms with Crippen molar-refractivity contribution in [1.29, 1.82) is 0 Å². The van der Waals surface area contributed by atoms with Gasteiger partial charge in [0.05, 0.1) is 6.04 Å². The molecule has 0 bridgehead atoms. The van der Waals surface area contributed by atoms with Gasteiger partial charge in [0.1, 0.15) is 17.5 Å². The number of para-hydroxylation sites is 1. The number of halogens is 1. The number of benzene rings is 3. The van der Waals surface area contributed by atoms with Crippen molar-refractivity contribution < 1.29 is 14.6 Å². The van der Waals surface area contributed by atoms with Gasteiger partial charge in [-0.1, -0.05) is 70.9 Å². The highest BCUT2D eigenvalue weighted by atomic mass is 79.9. The first-order valence-corrected chi connectivity index (χ1v) is 11.0. The van der Waals surface area contributed by atoms with Crippen LogP contribution >= 0.6 is 15.9 Å². The number of nitrogens with zero attached hydrogens (tertiary/aromatic N) is 1. The maximum atomic E-state index is 12.0. The van der Waals surface area contributed by atoms with E-state index in [0.29, 0.717) is 6.42 Å². The SMILES string of the molecule is O=C(O)C1CCCCN1C(c1cccc(Oc2ccccc2)c1)c1ccccc1Br. The number of ether oxygens (including phenoxy) is 1. The molecule has 0 amide bonds. The van der Waals surface area contributed by atoms with E-state index in [9.17, 15) is 9.90 Å². The van der Waals surface area contributed by atoms with E-state index >= 15 is 0 Å². The minimum atomic E-state index is -0.761. The van der Waals surface area contributed by atoms with Crippen LogP contribution in [0.4, 0.5) is 0 Å². The standard InChI is InChI=1S/C25H24BrNO3/c26-22-14-5-4-13-21(22)24(27-16-7-6-15-23(27)25(28)29)18-9-8-12-20(17-18)30-19-10-2-1-3-11-19/h1-5,8-14,17,23-24H,6-7,15-16H2,(H,28,29). The van der Waals surface area contributed by atoms with Crippen molar-refractivity contribution in [2.45, 2.75) is 31.3 Å². The molecule has 2 unspecified atom stereocenters. The van der Waals surface area contributed by atoms with Gasteiger partial charge in [0.15, 0.2) is 0 Å². The highest BCUT2D eigenvalue weighted by Crippen LogP contribution is 2.38. The van der Waals surface area contributed by atoms with Crippen LogP contribution < -0.4 is 4.74 Å². The van der Waals surface area contributed by atoms with Gasteiger partial charge in [0, 0.05) is 4.47 Å². The Hall–Kier alpha value is -2.63. The zero-order valence-corrected chi connectivity index (χ0v) is 18.2. The summed E-state index contributed by atoms with van der Waals surface area (Å²) in [4.78, 5) is 14.2. The maximum absolute atomic E-state index is 12.0. The molecule has 0 aromatic heterocycles. The zero-order chi connectivity index (χ0) is 20.9. The van der Waals surface area contributed by atoms with Crippen molar-refractivity contribution in [3.05, 3.63) is 94.5 Å². The Labute approximate surface area is 185 Å². The molecule has 1 aliphatic heterocycles. The van der Waals surface area contributed by atoms with Crippen LogP contribution in [0.5, 0.6) is 11.5 Å². The first kappa shape index (κ1) is 20.6. The Kier molecular flexibility index (Phi) is 6.50. The first-order chi connectivity index (χ1) is 14.6. The van der Waals surface area contributed by atoms with Crippen LogP contribution in [-0.4, -0.2) is 28.6 Å². The van der Waals surface area contributed by atoms with E-state index in [4.69, 9.17) is 4.74 Å². The van der Waals surface area contributed by atoms with Crippen LogP contribution in [0.3, 0.4) is 0 Å². The molecule has 4 nitrogen and oxygen atoms in total. The van der Waals surface area contributed by atoms with E-state index < -0.39 is 12.0 Å². The smallest absolute Gasteiger partial charge is 0.320 e. The topological polar surface area (TPSA) is 49.8 Å². The Morgan fingerprint density at radius 3 is 2.47 bits per heavy atom. The molecule has 1 heterocycles. The molecule has 1 saturated heterocycles. The third-order valence-corrected chi connectivity index (χ3v) is 6.24. The van der Waals surface area contributed by atoms with Gasteiger partial charge in [-0.3, -0.25) is 9.69 Å². The lowest BCUT2D eigenvalue weighted by Crippen LogP contribution is -2.46. The van der Waals surface area contributed by atoms with Gasteiger partial charge >= 0.3 is 5.97 Å². The van der Waals surface area contributed by atoms with Crippen molar-refractivity contribution in [3.63, 3.8) is 0 Å². The van der Waals surface area contributed by atoms with E-state index in [-0.39, 0.29) is 6.04 Å². The minimum Gasteiger partial charge on any atom is -0.480 e. The molecule has 2 atom stereocenters. The number of carbonyl (C=O) groups is 1. The summed E-state index contributed by atoms with van der Waals surface area (Å²) in [5.41, 5.74) is 2.07. The monoisotopic (exact) mass is 465 g/mol. The number of rotatable bonds is 6. The van der Waals surface area contributed by atoms with E-state index in [1.165, 1.54) is 0 Å². The fourth-order valence-corrected chi connectivity index (χ4v) is 4.65. The van der Waals surface area contributed by atoms with Crippen molar-refractivity contribution in [1.82, 2.24) is 4.90 Å². The molecule has 3 aromatic carbocycles. The van der Waals surface area contributed by atoms with E-state index in [1.54, 1.807) is 0 Å². The van der Waals surface area contributed by atoms with Crippen LogP contribution in [0.1, 0.15) is 36.4 Å². The zero-order valence-electron chi connectivity index (χ0n) is 16.6. The summed E-state index contributed by atoms with van der Waals surface area (Å²) in [6.07, 6.45) is 2.59.